The van der Waals surface area contributed by atoms with E-state index in [2.05, 4.69) is 15.3 Å². The van der Waals surface area contributed by atoms with Crippen LogP contribution in [0.2, 0.25) is 0 Å². The molecule has 0 saturated heterocycles. The third-order valence-electron chi connectivity index (χ3n) is 2.15. The summed E-state index contributed by atoms with van der Waals surface area (Å²) in [6.45, 7) is 0. The maximum Gasteiger partial charge on any atom is 0.409 e. The van der Waals surface area contributed by atoms with Crippen LogP contribution in [-0.4, -0.2) is 22.1 Å². The van der Waals surface area contributed by atoms with Crippen LogP contribution >= 0.6 is 0 Å². The lowest BCUT2D eigenvalue weighted by Crippen LogP contribution is -2.12. The van der Waals surface area contributed by atoms with Gasteiger partial charge in [-0.2, -0.15) is 13.2 Å². The number of alkyl halides is 3. The molecular weight excluding hydrogens is 259 g/mol. The lowest BCUT2D eigenvalue weighted by atomic mass is 10.2. The number of aromatic nitrogens is 2. The number of anilines is 1. The van der Waals surface area contributed by atoms with Crippen LogP contribution in [-0.2, 0) is 4.79 Å². The minimum atomic E-state index is -4.53. The summed E-state index contributed by atoms with van der Waals surface area (Å²) < 4.78 is 35.6. The maximum atomic E-state index is 11.9. The molecule has 2 rings (SSSR count). The highest BCUT2D eigenvalue weighted by atomic mass is 19.4. The summed E-state index contributed by atoms with van der Waals surface area (Å²) in [5.41, 5.74) is 0.590. The zero-order chi connectivity index (χ0) is 13.9. The second kappa shape index (κ2) is 5.05. The van der Waals surface area contributed by atoms with E-state index in [9.17, 15) is 18.0 Å². The van der Waals surface area contributed by atoms with E-state index in [1.807, 2.05) is 0 Å². The summed E-state index contributed by atoms with van der Waals surface area (Å²) in [4.78, 5) is 19.1. The van der Waals surface area contributed by atoms with Crippen molar-refractivity contribution in [1.82, 2.24) is 9.97 Å². The van der Waals surface area contributed by atoms with E-state index in [1.165, 1.54) is 6.20 Å². The summed E-state index contributed by atoms with van der Waals surface area (Å²) in [5.74, 6) is -0.983. The molecule has 1 aromatic heterocycles. The first kappa shape index (κ1) is 13.0. The van der Waals surface area contributed by atoms with Crippen LogP contribution in [0.1, 0.15) is 0 Å². The van der Waals surface area contributed by atoms with Crippen molar-refractivity contribution in [3.8, 4) is 0 Å². The number of nitrogens with one attached hydrogen (secondary N) is 1. The molecule has 0 saturated carbocycles. The lowest BCUT2D eigenvalue weighted by Gasteiger charge is -2.02. The molecule has 0 radical (unpaired) electrons. The van der Waals surface area contributed by atoms with E-state index in [1.54, 1.807) is 24.3 Å². The average Bonchev–Trinajstić information content (AvgIpc) is 2.35. The molecule has 1 N–H and O–H groups in total. The number of benzene rings is 1. The van der Waals surface area contributed by atoms with Crippen LogP contribution in [0.5, 0.6) is 0 Å². The molecule has 0 spiro atoms. The number of fused-ring (bicyclic) bond motifs is 1. The zero-order valence-corrected chi connectivity index (χ0v) is 9.48. The Bertz CT molecular complexity index is 637. The molecule has 19 heavy (non-hydrogen) atoms. The van der Waals surface area contributed by atoms with Gasteiger partial charge in [0, 0.05) is 23.7 Å². The molecule has 0 aliphatic carbocycles. The minimum absolute atomic E-state index is 0.0458. The Morgan fingerprint density at radius 1 is 1.26 bits per heavy atom. The van der Waals surface area contributed by atoms with Gasteiger partial charge < -0.3 is 0 Å². The lowest BCUT2D eigenvalue weighted by molar-refractivity contribution is -0.112. The van der Waals surface area contributed by atoms with E-state index < -0.39 is 12.1 Å². The van der Waals surface area contributed by atoms with Gasteiger partial charge in [-0.1, -0.05) is 18.2 Å². The molecule has 98 valence electrons. The van der Waals surface area contributed by atoms with Gasteiger partial charge in [0.1, 0.15) is 0 Å². The SMILES string of the molecule is O=C(C=CC(F)(F)F)Nc1ncc2ccccc2n1. The third kappa shape index (κ3) is 3.77. The minimum Gasteiger partial charge on any atom is -0.291 e. The van der Waals surface area contributed by atoms with E-state index in [0.717, 1.165) is 5.39 Å². The number of carbonyl (C=O) groups is 1. The molecule has 0 atom stereocenters. The quantitative estimate of drug-likeness (QED) is 0.851. The molecule has 1 amide bonds. The molecule has 0 aliphatic heterocycles. The number of hydrogen-bond donors (Lipinski definition) is 1. The van der Waals surface area contributed by atoms with Crippen LogP contribution in [0.3, 0.4) is 0 Å². The van der Waals surface area contributed by atoms with Gasteiger partial charge in [0.25, 0.3) is 5.91 Å². The number of nitrogens with zero attached hydrogens (tertiary/aromatic N) is 2. The molecule has 0 bridgehead atoms. The van der Waals surface area contributed by atoms with Gasteiger partial charge in [-0.25, -0.2) is 9.97 Å². The summed E-state index contributed by atoms with van der Waals surface area (Å²) in [7, 11) is 0. The average molecular weight is 267 g/mol. The Kier molecular flexibility index (Phi) is 3.46. The van der Waals surface area contributed by atoms with Crippen molar-refractivity contribution in [2.24, 2.45) is 0 Å². The van der Waals surface area contributed by atoms with E-state index in [-0.39, 0.29) is 12.0 Å². The first-order valence-electron chi connectivity index (χ1n) is 5.23. The fourth-order valence-electron chi connectivity index (χ4n) is 1.35. The largest absolute Gasteiger partial charge is 0.409 e. The van der Waals surface area contributed by atoms with Crippen molar-refractivity contribution in [3.63, 3.8) is 0 Å². The third-order valence-corrected chi connectivity index (χ3v) is 2.15. The first-order chi connectivity index (χ1) is 8.94. The van der Waals surface area contributed by atoms with Crippen LogP contribution in [0.15, 0.2) is 42.6 Å². The number of amides is 1. The number of allylic oxidation sites excluding steroid dienone is 1. The Morgan fingerprint density at radius 3 is 2.74 bits per heavy atom. The summed E-state index contributed by atoms with van der Waals surface area (Å²) in [5, 5.41) is 2.93. The molecule has 4 nitrogen and oxygen atoms in total. The first-order valence-corrected chi connectivity index (χ1v) is 5.23. The van der Waals surface area contributed by atoms with Crippen molar-refractivity contribution in [2.45, 2.75) is 6.18 Å². The predicted octanol–water partition coefficient (Wildman–Crippen LogP) is 2.69. The molecule has 2 aromatic rings. The molecule has 0 fully saturated rings. The number of para-hydroxylation sites is 1. The van der Waals surface area contributed by atoms with Gasteiger partial charge in [-0.15, -0.1) is 0 Å². The topological polar surface area (TPSA) is 54.9 Å². The Hall–Kier alpha value is -2.44. The Labute approximate surface area is 106 Å². The maximum absolute atomic E-state index is 11.9. The highest BCUT2D eigenvalue weighted by Crippen LogP contribution is 2.16. The second-order valence-corrected chi connectivity index (χ2v) is 3.62. The number of hydrogen-bond acceptors (Lipinski definition) is 3. The summed E-state index contributed by atoms with van der Waals surface area (Å²) in [6.07, 6.45) is -2.81. The van der Waals surface area contributed by atoms with Gasteiger partial charge in [-0.05, 0) is 6.07 Å². The number of carbonyl (C=O) groups excluding carboxylic acids is 1. The number of halogens is 3. The molecular formula is C12H8F3N3O. The van der Waals surface area contributed by atoms with Gasteiger partial charge in [-0.3, -0.25) is 10.1 Å². The van der Waals surface area contributed by atoms with E-state index in [0.29, 0.717) is 11.6 Å². The fraction of sp³-hybridized carbons (Fsp3) is 0.0833. The number of rotatable bonds is 2. The summed E-state index contributed by atoms with van der Waals surface area (Å²) in [6, 6.07) is 7.04. The van der Waals surface area contributed by atoms with Crippen molar-refractivity contribution in [3.05, 3.63) is 42.6 Å². The molecule has 0 unspecified atom stereocenters. The molecule has 7 heteroatoms. The fourth-order valence-corrected chi connectivity index (χ4v) is 1.35. The van der Waals surface area contributed by atoms with Crippen LogP contribution in [0.4, 0.5) is 19.1 Å². The monoisotopic (exact) mass is 267 g/mol. The molecule has 0 aliphatic rings. The van der Waals surface area contributed by atoms with Gasteiger partial charge in [0.2, 0.25) is 5.95 Å². The van der Waals surface area contributed by atoms with Gasteiger partial charge in [0.05, 0.1) is 5.52 Å². The highest BCUT2D eigenvalue weighted by molar-refractivity contribution is 5.98. The van der Waals surface area contributed by atoms with Crippen molar-refractivity contribution >= 4 is 22.8 Å². The van der Waals surface area contributed by atoms with Crippen LogP contribution in [0.25, 0.3) is 10.9 Å². The summed E-state index contributed by atoms with van der Waals surface area (Å²) >= 11 is 0. The van der Waals surface area contributed by atoms with E-state index in [4.69, 9.17) is 0 Å². The van der Waals surface area contributed by atoms with Crippen LogP contribution < -0.4 is 5.32 Å². The molecule has 1 heterocycles. The van der Waals surface area contributed by atoms with Crippen molar-refractivity contribution < 1.29 is 18.0 Å². The van der Waals surface area contributed by atoms with Gasteiger partial charge >= 0.3 is 6.18 Å². The standard InChI is InChI=1S/C12H8F3N3O/c13-12(14,15)6-5-10(19)18-11-16-7-8-3-1-2-4-9(8)17-11/h1-7H,(H,16,17,18,19). The molecule has 1 aromatic carbocycles. The van der Waals surface area contributed by atoms with Crippen molar-refractivity contribution in [2.75, 3.05) is 5.32 Å². The van der Waals surface area contributed by atoms with E-state index >= 15 is 0 Å². The predicted molar refractivity (Wildman–Crippen MR) is 63.4 cm³/mol. The van der Waals surface area contributed by atoms with Crippen molar-refractivity contribution in [1.29, 1.82) is 0 Å². The van der Waals surface area contributed by atoms with Crippen LogP contribution in [0, 0.1) is 0 Å². The Balaban J connectivity index is 2.13. The second-order valence-electron chi connectivity index (χ2n) is 3.62. The van der Waals surface area contributed by atoms with Gasteiger partial charge in [0.15, 0.2) is 0 Å². The Morgan fingerprint density at radius 2 is 2.00 bits per heavy atom. The smallest absolute Gasteiger partial charge is 0.291 e. The highest BCUT2D eigenvalue weighted by Gasteiger charge is 2.22. The zero-order valence-electron chi connectivity index (χ0n) is 9.48. The normalized spacial score (nSPS) is 11.9.